The fourth-order valence-corrected chi connectivity index (χ4v) is 0.244. The molecule has 0 rings (SSSR count). The van der Waals surface area contributed by atoms with Gasteiger partial charge in [0, 0.05) is 6.54 Å². The monoisotopic (exact) mass is 135 g/mol. The predicted octanol–water partition coefficient (Wildman–Crippen LogP) is 1.12. The third-order valence-electron chi connectivity index (χ3n) is 0.495. The van der Waals surface area contributed by atoms with Gasteiger partial charge in [-0.1, -0.05) is 13.8 Å². The van der Waals surface area contributed by atoms with Crippen molar-refractivity contribution in [2.45, 2.75) is 20.8 Å². The van der Waals surface area contributed by atoms with Gasteiger partial charge in [-0.2, -0.15) is 0 Å². The molecule has 0 heterocycles. The van der Waals surface area contributed by atoms with E-state index >= 15 is 0 Å². The molecule has 9 heavy (non-hydrogen) atoms. The van der Waals surface area contributed by atoms with E-state index in [1.165, 1.54) is 0 Å². The smallest absolute Gasteiger partial charge is 0.251 e. The van der Waals surface area contributed by atoms with Crippen LogP contribution in [0.15, 0.2) is 0 Å². The van der Waals surface area contributed by atoms with Gasteiger partial charge >= 0.3 is 0 Å². The Balaban J connectivity index is 0. The molecule has 3 heteroatoms. The van der Waals surface area contributed by atoms with E-state index in [-0.39, 0.29) is 0 Å². The lowest BCUT2D eigenvalue weighted by atomic mass is 10.6. The second-order valence-corrected chi connectivity index (χ2v) is 1.09. The lowest BCUT2D eigenvalue weighted by molar-refractivity contribution is -0.121. The molecular formula is C6H14FNO. The molecular weight excluding hydrogens is 121 g/mol. The number of alkyl halides is 1. The summed E-state index contributed by atoms with van der Waals surface area (Å²) in [6.07, 6.45) is 0. The number of hydrogen-bond acceptors (Lipinski definition) is 1. The van der Waals surface area contributed by atoms with E-state index < -0.39 is 12.6 Å². The summed E-state index contributed by atoms with van der Waals surface area (Å²) < 4.78 is 11.2. The van der Waals surface area contributed by atoms with Gasteiger partial charge in [0.15, 0.2) is 6.67 Å². The maximum atomic E-state index is 11.2. The summed E-state index contributed by atoms with van der Waals surface area (Å²) in [5, 5.41) is 2.28. The Morgan fingerprint density at radius 2 is 2.00 bits per heavy atom. The van der Waals surface area contributed by atoms with Gasteiger partial charge in [-0.3, -0.25) is 4.79 Å². The van der Waals surface area contributed by atoms with E-state index in [4.69, 9.17) is 0 Å². The number of hydrogen-bond donors (Lipinski definition) is 1. The van der Waals surface area contributed by atoms with Crippen LogP contribution >= 0.6 is 0 Å². The molecule has 0 bridgehead atoms. The summed E-state index contributed by atoms with van der Waals surface area (Å²) in [5.74, 6) is -0.539. The van der Waals surface area contributed by atoms with Crippen LogP contribution in [0.4, 0.5) is 4.39 Å². The Morgan fingerprint density at radius 3 is 2.11 bits per heavy atom. The highest BCUT2D eigenvalue weighted by Crippen LogP contribution is 1.64. The average Bonchev–Trinajstić information content (AvgIpc) is 1.93. The number of halogens is 1. The van der Waals surface area contributed by atoms with E-state index in [1.54, 1.807) is 6.92 Å². The number of rotatable bonds is 2. The Labute approximate surface area is 55.4 Å². The summed E-state index contributed by atoms with van der Waals surface area (Å²) in [7, 11) is 0. The van der Waals surface area contributed by atoms with Gasteiger partial charge in [0.2, 0.25) is 0 Å². The van der Waals surface area contributed by atoms with Crippen LogP contribution in [0, 0.1) is 0 Å². The molecule has 1 N–H and O–H groups in total. The topological polar surface area (TPSA) is 29.1 Å². The van der Waals surface area contributed by atoms with Gasteiger partial charge < -0.3 is 5.32 Å². The lowest BCUT2D eigenvalue weighted by Gasteiger charge is -1.91. The van der Waals surface area contributed by atoms with Crippen LogP contribution in [-0.4, -0.2) is 19.1 Å². The Kier molecular flexibility index (Phi) is 13.0. The SMILES string of the molecule is CC.CCNC(=O)CF. The van der Waals surface area contributed by atoms with Gasteiger partial charge in [-0.25, -0.2) is 4.39 Å². The molecule has 0 saturated heterocycles. The zero-order valence-electron chi connectivity index (χ0n) is 6.20. The fraction of sp³-hybridized carbons (Fsp3) is 0.833. The molecule has 0 fully saturated rings. The van der Waals surface area contributed by atoms with Gasteiger partial charge in [0.25, 0.3) is 5.91 Å². The van der Waals surface area contributed by atoms with Crippen molar-refractivity contribution >= 4 is 5.91 Å². The molecule has 0 aliphatic carbocycles. The average molecular weight is 135 g/mol. The lowest BCUT2D eigenvalue weighted by Crippen LogP contribution is -2.23. The number of carbonyl (C=O) groups is 1. The number of carbonyl (C=O) groups excluding carboxylic acids is 1. The third-order valence-corrected chi connectivity index (χ3v) is 0.495. The minimum absolute atomic E-state index is 0.503. The van der Waals surface area contributed by atoms with Crippen LogP contribution in [0.3, 0.4) is 0 Å². The van der Waals surface area contributed by atoms with Crippen LogP contribution < -0.4 is 5.32 Å². The fourth-order valence-electron chi connectivity index (χ4n) is 0.244. The molecule has 0 aromatic heterocycles. The Bertz CT molecular complexity index is 66.1. The van der Waals surface area contributed by atoms with E-state index in [1.807, 2.05) is 13.8 Å². The van der Waals surface area contributed by atoms with Crippen LogP contribution in [-0.2, 0) is 4.79 Å². The van der Waals surface area contributed by atoms with Crippen molar-refractivity contribution in [2.24, 2.45) is 0 Å². The van der Waals surface area contributed by atoms with Crippen LogP contribution in [0.25, 0.3) is 0 Å². The number of nitrogens with one attached hydrogen (secondary N) is 1. The zero-order chi connectivity index (χ0) is 7.70. The van der Waals surface area contributed by atoms with Crippen LogP contribution in [0.1, 0.15) is 20.8 Å². The second kappa shape index (κ2) is 10.4. The van der Waals surface area contributed by atoms with E-state index in [0.717, 1.165) is 0 Å². The third kappa shape index (κ3) is 11.1. The summed E-state index contributed by atoms with van der Waals surface area (Å²) in [5.41, 5.74) is 0. The Hall–Kier alpha value is -0.600. The summed E-state index contributed by atoms with van der Waals surface area (Å²) in [6, 6.07) is 0. The molecule has 0 spiro atoms. The van der Waals surface area contributed by atoms with Gasteiger partial charge in [-0.15, -0.1) is 0 Å². The molecule has 0 radical (unpaired) electrons. The first-order chi connectivity index (χ1) is 4.31. The van der Waals surface area contributed by atoms with Crippen molar-refractivity contribution in [1.29, 1.82) is 0 Å². The molecule has 56 valence electrons. The minimum atomic E-state index is -0.909. The van der Waals surface area contributed by atoms with Gasteiger partial charge in [0.05, 0.1) is 0 Å². The maximum Gasteiger partial charge on any atom is 0.251 e. The van der Waals surface area contributed by atoms with E-state index in [0.29, 0.717) is 6.54 Å². The first-order valence-electron chi connectivity index (χ1n) is 3.14. The largest absolute Gasteiger partial charge is 0.354 e. The number of amides is 1. The van der Waals surface area contributed by atoms with Gasteiger partial charge in [0.1, 0.15) is 0 Å². The highest BCUT2D eigenvalue weighted by molar-refractivity contribution is 5.76. The van der Waals surface area contributed by atoms with Crippen LogP contribution in [0.5, 0.6) is 0 Å². The van der Waals surface area contributed by atoms with Crippen molar-refractivity contribution in [3.63, 3.8) is 0 Å². The summed E-state index contributed by atoms with van der Waals surface area (Å²) >= 11 is 0. The molecule has 0 atom stereocenters. The molecule has 0 aromatic rings. The van der Waals surface area contributed by atoms with E-state index in [2.05, 4.69) is 5.32 Å². The van der Waals surface area contributed by atoms with Crippen molar-refractivity contribution in [2.75, 3.05) is 13.2 Å². The molecule has 1 amide bonds. The van der Waals surface area contributed by atoms with Crippen molar-refractivity contribution in [1.82, 2.24) is 5.32 Å². The van der Waals surface area contributed by atoms with Gasteiger partial charge in [-0.05, 0) is 6.92 Å². The quantitative estimate of drug-likeness (QED) is 0.604. The van der Waals surface area contributed by atoms with Crippen molar-refractivity contribution in [3.8, 4) is 0 Å². The van der Waals surface area contributed by atoms with Crippen molar-refractivity contribution in [3.05, 3.63) is 0 Å². The molecule has 0 aliphatic heterocycles. The molecule has 0 saturated carbocycles. The standard InChI is InChI=1S/C4H8FNO.C2H6/c1-2-6-4(7)3-5;1-2/h2-3H2,1H3,(H,6,7);1-2H3. The first-order valence-corrected chi connectivity index (χ1v) is 3.14. The molecule has 0 aromatic carbocycles. The van der Waals surface area contributed by atoms with Crippen LogP contribution in [0.2, 0.25) is 0 Å². The second-order valence-electron chi connectivity index (χ2n) is 1.09. The van der Waals surface area contributed by atoms with Crippen molar-refractivity contribution < 1.29 is 9.18 Å². The Morgan fingerprint density at radius 1 is 1.56 bits per heavy atom. The highest BCUT2D eigenvalue weighted by atomic mass is 19.1. The molecule has 0 unspecified atom stereocenters. The molecule has 2 nitrogen and oxygen atoms in total. The zero-order valence-corrected chi connectivity index (χ0v) is 6.20. The summed E-state index contributed by atoms with van der Waals surface area (Å²) in [6.45, 7) is 5.34. The normalized spacial score (nSPS) is 7.11. The first kappa shape index (κ1) is 11.2. The maximum absolute atomic E-state index is 11.2. The molecule has 0 aliphatic rings. The summed E-state index contributed by atoms with van der Waals surface area (Å²) in [4.78, 5) is 9.93. The van der Waals surface area contributed by atoms with E-state index in [9.17, 15) is 9.18 Å². The predicted molar refractivity (Wildman–Crippen MR) is 36.0 cm³/mol. The minimum Gasteiger partial charge on any atom is -0.354 e. The highest BCUT2D eigenvalue weighted by Gasteiger charge is 1.91.